The fraction of sp³-hybridized carbons (Fsp3) is 0.222. The molecule has 0 atom stereocenters. The van der Waals surface area contributed by atoms with Crippen LogP contribution in [0, 0.1) is 5.82 Å². The Morgan fingerprint density at radius 3 is 2.92 bits per heavy atom. The van der Waals surface area contributed by atoms with Gasteiger partial charge in [-0.05, 0) is 36.8 Å². The number of hydrogen-bond acceptors (Lipinski definition) is 3. The number of hydrogen-bond donors (Lipinski definition) is 2. The zero-order valence-corrected chi connectivity index (χ0v) is 13.6. The van der Waals surface area contributed by atoms with Crippen molar-refractivity contribution in [1.29, 1.82) is 0 Å². The molecule has 2 aromatic rings. The first kappa shape index (κ1) is 17.5. The molecule has 0 bridgehead atoms. The van der Waals surface area contributed by atoms with Crippen LogP contribution in [-0.4, -0.2) is 24.0 Å². The second-order valence-corrected chi connectivity index (χ2v) is 4.92. The third-order valence-corrected chi connectivity index (χ3v) is 3.04. The number of rotatable bonds is 7. The van der Waals surface area contributed by atoms with Crippen LogP contribution in [-0.2, 0) is 6.54 Å². The van der Waals surface area contributed by atoms with Gasteiger partial charge in [-0.15, -0.1) is 6.58 Å². The van der Waals surface area contributed by atoms with E-state index in [0.29, 0.717) is 24.8 Å². The van der Waals surface area contributed by atoms with E-state index in [2.05, 4.69) is 27.2 Å². The summed E-state index contributed by atoms with van der Waals surface area (Å²) in [5, 5.41) is 6.21. The number of ether oxygens (including phenoxy) is 1. The number of halogens is 1. The minimum Gasteiger partial charge on any atom is -0.453 e. The zero-order chi connectivity index (χ0) is 17.2. The molecule has 0 amide bonds. The van der Waals surface area contributed by atoms with Crippen molar-refractivity contribution in [2.75, 3.05) is 13.1 Å². The second-order valence-electron chi connectivity index (χ2n) is 4.92. The van der Waals surface area contributed by atoms with Gasteiger partial charge in [0.05, 0.1) is 12.7 Å². The van der Waals surface area contributed by atoms with Gasteiger partial charge < -0.3 is 15.4 Å². The summed E-state index contributed by atoms with van der Waals surface area (Å²) in [5.41, 5.74) is 0.752. The summed E-state index contributed by atoms with van der Waals surface area (Å²) >= 11 is 0. The summed E-state index contributed by atoms with van der Waals surface area (Å²) in [5.74, 6) is 0.877. The number of aromatic nitrogens is 1. The van der Waals surface area contributed by atoms with Crippen LogP contribution >= 0.6 is 0 Å². The van der Waals surface area contributed by atoms with E-state index in [-0.39, 0.29) is 5.75 Å². The molecular weight excluding hydrogens is 307 g/mol. The summed E-state index contributed by atoms with van der Waals surface area (Å²) < 4.78 is 19.6. The summed E-state index contributed by atoms with van der Waals surface area (Å²) in [4.78, 5) is 8.34. The Balaban J connectivity index is 2.04. The molecular formula is C18H21FN4O. The number of nitrogens with zero attached hydrogens (tertiary/aromatic N) is 2. The van der Waals surface area contributed by atoms with Gasteiger partial charge in [-0.25, -0.2) is 9.38 Å². The highest BCUT2D eigenvalue weighted by molar-refractivity contribution is 5.79. The molecule has 1 aromatic heterocycles. The minimum atomic E-state index is -0.435. The maximum atomic E-state index is 14.2. The van der Waals surface area contributed by atoms with Crippen LogP contribution in [0.1, 0.15) is 12.5 Å². The van der Waals surface area contributed by atoms with Crippen LogP contribution in [0.3, 0.4) is 0 Å². The highest BCUT2D eigenvalue weighted by Crippen LogP contribution is 2.24. The Hall–Kier alpha value is -2.89. The fourth-order valence-electron chi connectivity index (χ4n) is 1.94. The molecule has 0 aliphatic rings. The van der Waals surface area contributed by atoms with E-state index in [1.165, 1.54) is 12.3 Å². The molecule has 0 spiro atoms. The van der Waals surface area contributed by atoms with E-state index >= 15 is 0 Å². The monoisotopic (exact) mass is 328 g/mol. The average Bonchev–Trinajstić information content (AvgIpc) is 2.60. The Kier molecular flexibility index (Phi) is 6.76. The van der Waals surface area contributed by atoms with Crippen LogP contribution in [0.4, 0.5) is 4.39 Å². The topological polar surface area (TPSA) is 58.5 Å². The van der Waals surface area contributed by atoms with Gasteiger partial charge in [-0.2, -0.15) is 0 Å². The lowest BCUT2D eigenvalue weighted by atomic mass is 10.2. The van der Waals surface area contributed by atoms with Crippen molar-refractivity contribution in [3.05, 3.63) is 66.8 Å². The van der Waals surface area contributed by atoms with Crippen molar-refractivity contribution in [1.82, 2.24) is 15.6 Å². The Labute approximate surface area is 141 Å². The molecule has 0 aliphatic heterocycles. The summed E-state index contributed by atoms with van der Waals surface area (Å²) in [7, 11) is 0. The van der Waals surface area contributed by atoms with Crippen molar-refractivity contribution in [3.8, 4) is 11.5 Å². The smallest absolute Gasteiger partial charge is 0.191 e. The molecule has 0 unspecified atom stereocenters. The lowest BCUT2D eigenvalue weighted by Crippen LogP contribution is -2.37. The predicted octanol–water partition coefficient (Wildman–Crippen LogP) is 3.25. The van der Waals surface area contributed by atoms with Crippen molar-refractivity contribution in [2.24, 2.45) is 4.99 Å². The van der Waals surface area contributed by atoms with Crippen LogP contribution in [0.5, 0.6) is 11.5 Å². The van der Waals surface area contributed by atoms with Crippen LogP contribution in [0.15, 0.2) is 60.4 Å². The van der Waals surface area contributed by atoms with E-state index in [1.807, 2.05) is 6.92 Å². The largest absolute Gasteiger partial charge is 0.453 e. The third kappa shape index (κ3) is 5.39. The molecule has 126 valence electrons. The second kappa shape index (κ2) is 9.29. The van der Waals surface area contributed by atoms with Gasteiger partial charge in [0.15, 0.2) is 17.5 Å². The van der Waals surface area contributed by atoms with Crippen LogP contribution in [0.2, 0.25) is 0 Å². The summed E-state index contributed by atoms with van der Waals surface area (Å²) in [6.45, 7) is 7.35. The molecule has 5 nitrogen and oxygen atoms in total. The highest BCUT2D eigenvalue weighted by Gasteiger charge is 2.06. The SMILES string of the molecule is C=CCNC(=NCc1ccc(Oc2cccnc2)c(F)c1)NCC. The van der Waals surface area contributed by atoms with Crippen LogP contribution in [0.25, 0.3) is 0 Å². The lowest BCUT2D eigenvalue weighted by molar-refractivity contribution is 0.440. The molecule has 1 heterocycles. The standard InChI is InChI=1S/C18H21FN4O/c1-3-9-22-18(21-4-2)23-12-14-7-8-17(16(19)11-14)24-15-6-5-10-20-13-15/h3,5-8,10-11,13H,1,4,9,12H2,2H3,(H2,21,22,23). The average molecular weight is 328 g/mol. The van der Waals surface area contributed by atoms with Gasteiger partial charge in [0.2, 0.25) is 0 Å². The van der Waals surface area contributed by atoms with E-state index < -0.39 is 5.82 Å². The highest BCUT2D eigenvalue weighted by atomic mass is 19.1. The normalized spacial score (nSPS) is 11.0. The molecule has 2 N–H and O–H groups in total. The summed E-state index contributed by atoms with van der Waals surface area (Å²) in [6, 6.07) is 8.26. The van der Waals surface area contributed by atoms with Crippen molar-refractivity contribution in [2.45, 2.75) is 13.5 Å². The Morgan fingerprint density at radius 2 is 2.25 bits per heavy atom. The van der Waals surface area contributed by atoms with Gasteiger partial charge in [-0.1, -0.05) is 12.1 Å². The van der Waals surface area contributed by atoms with Gasteiger partial charge in [-0.3, -0.25) is 4.98 Å². The van der Waals surface area contributed by atoms with E-state index in [4.69, 9.17) is 4.74 Å². The molecule has 1 aromatic carbocycles. The van der Waals surface area contributed by atoms with Crippen molar-refractivity contribution >= 4 is 5.96 Å². The zero-order valence-electron chi connectivity index (χ0n) is 13.6. The van der Waals surface area contributed by atoms with Crippen molar-refractivity contribution < 1.29 is 9.13 Å². The first-order valence-corrected chi connectivity index (χ1v) is 7.72. The molecule has 0 saturated carbocycles. The molecule has 0 fully saturated rings. The first-order valence-electron chi connectivity index (χ1n) is 7.72. The maximum Gasteiger partial charge on any atom is 0.191 e. The quantitative estimate of drug-likeness (QED) is 0.465. The van der Waals surface area contributed by atoms with Crippen LogP contribution < -0.4 is 15.4 Å². The molecule has 24 heavy (non-hydrogen) atoms. The van der Waals surface area contributed by atoms with Gasteiger partial charge in [0.25, 0.3) is 0 Å². The molecule has 6 heteroatoms. The van der Waals surface area contributed by atoms with E-state index in [1.54, 1.807) is 36.5 Å². The number of aliphatic imine (C=N–C) groups is 1. The summed E-state index contributed by atoms with van der Waals surface area (Å²) in [6.07, 6.45) is 4.91. The Bertz CT molecular complexity index is 689. The number of guanidine groups is 1. The fourth-order valence-corrected chi connectivity index (χ4v) is 1.94. The molecule has 0 radical (unpaired) electrons. The predicted molar refractivity (Wildman–Crippen MR) is 93.7 cm³/mol. The van der Waals surface area contributed by atoms with Gasteiger partial charge in [0.1, 0.15) is 5.75 Å². The number of pyridine rings is 1. The lowest BCUT2D eigenvalue weighted by Gasteiger charge is -2.10. The number of benzene rings is 1. The molecule has 0 saturated heterocycles. The molecule has 2 rings (SSSR count). The van der Waals surface area contributed by atoms with E-state index in [0.717, 1.165) is 12.1 Å². The van der Waals surface area contributed by atoms with E-state index in [9.17, 15) is 4.39 Å². The van der Waals surface area contributed by atoms with Gasteiger partial charge >= 0.3 is 0 Å². The van der Waals surface area contributed by atoms with Gasteiger partial charge in [0, 0.05) is 19.3 Å². The third-order valence-electron chi connectivity index (χ3n) is 3.04. The van der Waals surface area contributed by atoms with Crippen molar-refractivity contribution in [3.63, 3.8) is 0 Å². The first-order chi connectivity index (χ1) is 11.7. The maximum absolute atomic E-state index is 14.2. The Morgan fingerprint density at radius 1 is 1.38 bits per heavy atom. The molecule has 0 aliphatic carbocycles. The minimum absolute atomic E-state index is 0.160. The number of nitrogens with one attached hydrogen (secondary N) is 2.